The number of likely N-dealkylation sites (N-methyl/N-ethyl adjacent to an activating group) is 1. The first-order valence-corrected chi connectivity index (χ1v) is 5.67. The lowest BCUT2D eigenvalue weighted by Crippen LogP contribution is -2.41. The molecular formula is C11H18N2O2. The number of fused-ring (bicyclic) bond motifs is 1. The summed E-state index contributed by atoms with van der Waals surface area (Å²) in [5, 5.41) is 3.05. The highest BCUT2D eigenvalue weighted by Gasteiger charge is 2.49. The highest BCUT2D eigenvalue weighted by Crippen LogP contribution is 2.39. The first-order valence-electron chi connectivity index (χ1n) is 5.67. The molecule has 1 saturated heterocycles. The van der Waals surface area contributed by atoms with Crippen molar-refractivity contribution in [1.82, 2.24) is 10.2 Å². The number of imide groups is 1. The lowest BCUT2D eigenvalue weighted by Gasteiger charge is -2.19. The Bertz CT molecular complexity index is 268. The van der Waals surface area contributed by atoms with Crippen LogP contribution in [0.25, 0.3) is 0 Å². The van der Waals surface area contributed by atoms with Crippen LogP contribution in [0.5, 0.6) is 0 Å². The van der Waals surface area contributed by atoms with Crippen LogP contribution in [0.4, 0.5) is 0 Å². The molecule has 0 aromatic heterocycles. The van der Waals surface area contributed by atoms with Crippen molar-refractivity contribution >= 4 is 11.8 Å². The lowest BCUT2D eigenvalue weighted by molar-refractivity contribution is -0.140. The molecule has 1 heterocycles. The molecule has 4 nitrogen and oxygen atoms in total. The number of carbonyl (C=O) groups is 2. The molecule has 3 unspecified atom stereocenters. The summed E-state index contributed by atoms with van der Waals surface area (Å²) in [6.45, 7) is 2.50. The maximum Gasteiger partial charge on any atom is 0.233 e. The second-order valence-electron chi connectivity index (χ2n) is 4.62. The van der Waals surface area contributed by atoms with Gasteiger partial charge in [0.2, 0.25) is 11.8 Å². The lowest BCUT2D eigenvalue weighted by atomic mass is 10.00. The van der Waals surface area contributed by atoms with Gasteiger partial charge in [0.1, 0.15) is 0 Å². The maximum absolute atomic E-state index is 11.9. The standard InChI is InChI=1S/C11H18N2O2/c1-7(12-2)6-13-10(14)8-4-3-5-9(8)11(13)15/h7-9,12H,3-6H2,1-2H3. The highest BCUT2D eigenvalue weighted by molar-refractivity contribution is 6.05. The van der Waals surface area contributed by atoms with E-state index in [-0.39, 0.29) is 29.7 Å². The zero-order valence-electron chi connectivity index (χ0n) is 9.32. The molecule has 1 N–H and O–H groups in total. The summed E-state index contributed by atoms with van der Waals surface area (Å²) < 4.78 is 0. The molecule has 84 valence electrons. The summed E-state index contributed by atoms with van der Waals surface area (Å²) in [6, 6.07) is 0.178. The number of nitrogens with zero attached hydrogens (tertiary/aromatic N) is 1. The van der Waals surface area contributed by atoms with Gasteiger partial charge in [0, 0.05) is 12.6 Å². The Hall–Kier alpha value is -0.900. The number of rotatable bonds is 3. The molecule has 2 fully saturated rings. The van der Waals surface area contributed by atoms with Gasteiger partial charge in [-0.2, -0.15) is 0 Å². The molecule has 15 heavy (non-hydrogen) atoms. The number of nitrogens with one attached hydrogen (secondary N) is 1. The van der Waals surface area contributed by atoms with E-state index in [0.717, 1.165) is 19.3 Å². The van der Waals surface area contributed by atoms with Crippen LogP contribution in [0.1, 0.15) is 26.2 Å². The van der Waals surface area contributed by atoms with Crippen molar-refractivity contribution in [3.05, 3.63) is 0 Å². The predicted molar refractivity (Wildman–Crippen MR) is 56.1 cm³/mol. The number of hydrogen-bond acceptors (Lipinski definition) is 3. The van der Waals surface area contributed by atoms with Crippen LogP contribution >= 0.6 is 0 Å². The molecule has 3 atom stereocenters. The molecule has 1 aliphatic heterocycles. The van der Waals surface area contributed by atoms with Gasteiger partial charge < -0.3 is 5.32 Å². The quantitative estimate of drug-likeness (QED) is 0.685. The van der Waals surface area contributed by atoms with Gasteiger partial charge in [-0.1, -0.05) is 6.42 Å². The van der Waals surface area contributed by atoms with Crippen LogP contribution in [0.15, 0.2) is 0 Å². The molecule has 1 aliphatic carbocycles. The Morgan fingerprint density at radius 2 is 1.87 bits per heavy atom. The Morgan fingerprint density at radius 3 is 2.33 bits per heavy atom. The van der Waals surface area contributed by atoms with Crippen LogP contribution < -0.4 is 5.32 Å². The average Bonchev–Trinajstić information content (AvgIpc) is 2.78. The Morgan fingerprint density at radius 1 is 1.33 bits per heavy atom. The van der Waals surface area contributed by atoms with Crippen LogP contribution in [0, 0.1) is 11.8 Å². The van der Waals surface area contributed by atoms with E-state index in [0.29, 0.717) is 6.54 Å². The van der Waals surface area contributed by atoms with E-state index >= 15 is 0 Å². The first-order chi connectivity index (χ1) is 7.15. The van der Waals surface area contributed by atoms with Gasteiger partial charge in [0.15, 0.2) is 0 Å². The summed E-state index contributed by atoms with van der Waals surface area (Å²) in [4.78, 5) is 25.3. The fourth-order valence-corrected chi connectivity index (χ4v) is 2.61. The van der Waals surface area contributed by atoms with Crippen molar-refractivity contribution in [2.45, 2.75) is 32.2 Å². The molecule has 2 aliphatic rings. The van der Waals surface area contributed by atoms with Crippen molar-refractivity contribution in [3.8, 4) is 0 Å². The number of hydrogen-bond donors (Lipinski definition) is 1. The van der Waals surface area contributed by atoms with Crippen molar-refractivity contribution in [2.24, 2.45) is 11.8 Å². The average molecular weight is 210 g/mol. The summed E-state index contributed by atoms with van der Waals surface area (Å²) in [5.41, 5.74) is 0. The Kier molecular flexibility index (Phi) is 2.78. The number of amides is 2. The van der Waals surface area contributed by atoms with Crippen LogP contribution in [-0.4, -0.2) is 36.3 Å². The normalized spacial score (nSPS) is 32.3. The molecule has 0 aromatic carbocycles. The van der Waals surface area contributed by atoms with E-state index in [1.807, 2.05) is 14.0 Å². The number of carbonyl (C=O) groups excluding carboxylic acids is 2. The van der Waals surface area contributed by atoms with Gasteiger partial charge in [-0.15, -0.1) is 0 Å². The zero-order chi connectivity index (χ0) is 11.0. The van der Waals surface area contributed by atoms with E-state index in [2.05, 4.69) is 5.32 Å². The molecule has 0 spiro atoms. The van der Waals surface area contributed by atoms with Gasteiger partial charge >= 0.3 is 0 Å². The third-order valence-electron chi connectivity index (χ3n) is 3.63. The molecule has 2 rings (SSSR count). The summed E-state index contributed by atoms with van der Waals surface area (Å²) in [6.07, 6.45) is 2.83. The molecule has 0 radical (unpaired) electrons. The predicted octanol–water partition coefficient (Wildman–Crippen LogP) is 0.379. The summed E-state index contributed by atoms with van der Waals surface area (Å²) in [7, 11) is 1.84. The topological polar surface area (TPSA) is 49.4 Å². The second-order valence-corrected chi connectivity index (χ2v) is 4.62. The first kappa shape index (κ1) is 10.6. The van der Waals surface area contributed by atoms with E-state index in [9.17, 15) is 9.59 Å². The molecule has 0 bridgehead atoms. The molecule has 4 heteroatoms. The zero-order valence-corrected chi connectivity index (χ0v) is 9.32. The molecule has 2 amide bonds. The molecule has 0 aromatic rings. The van der Waals surface area contributed by atoms with Crippen LogP contribution in [-0.2, 0) is 9.59 Å². The third kappa shape index (κ3) is 1.67. The second kappa shape index (κ2) is 3.93. The largest absolute Gasteiger partial charge is 0.315 e. The van der Waals surface area contributed by atoms with E-state index in [4.69, 9.17) is 0 Å². The Balaban J connectivity index is 2.08. The fourth-order valence-electron chi connectivity index (χ4n) is 2.61. The highest BCUT2D eigenvalue weighted by atomic mass is 16.2. The molecule has 1 saturated carbocycles. The molecular weight excluding hydrogens is 192 g/mol. The number of likely N-dealkylation sites (tertiary alicyclic amines) is 1. The van der Waals surface area contributed by atoms with Crippen molar-refractivity contribution in [1.29, 1.82) is 0 Å². The summed E-state index contributed by atoms with van der Waals surface area (Å²) >= 11 is 0. The van der Waals surface area contributed by atoms with E-state index in [1.165, 1.54) is 4.90 Å². The van der Waals surface area contributed by atoms with Crippen molar-refractivity contribution in [2.75, 3.05) is 13.6 Å². The monoisotopic (exact) mass is 210 g/mol. The van der Waals surface area contributed by atoms with E-state index in [1.54, 1.807) is 0 Å². The van der Waals surface area contributed by atoms with E-state index < -0.39 is 0 Å². The summed E-state index contributed by atoms with van der Waals surface area (Å²) in [5.74, 6) is 0.123. The minimum Gasteiger partial charge on any atom is -0.315 e. The fraction of sp³-hybridized carbons (Fsp3) is 0.818. The maximum atomic E-state index is 11.9. The SMILES string of the molecule is CNC(C)CN1C(=O)C2CCCC2C1=O. The van der Waals surface area contributed by atoms with Gasteiger partial charge in [0.05, 0.1) is 11.8 Å². The van der Waals surface area contributed by atoms with Gasteiger partial charge in [-0.3, -0.25) is 14.5 Å². The van der Waals surface area contributed by atoms with Crippen LogP contribution in [0.2, 0.25) is 0 Å². The van der Waals surface area contributed by atoms with Gasteiger partial charge in [0.25, 0.3) is 0 Å². The smallest absolute Gasteiger partial charge is 0.233 e. The van der Waals surface area contributed by atoms with Gasteiger partial charge in [-0.05, 0) is 26.8 Å². The van der Waals surface area contributed by atoms with Crippen molar-refractivity contribution in [3.63, 3.8) is 0 Å². The van der Waals surface area contributed by atoms with Gasteiger partial charge in [-0.25, -0.2) is 0 Å². The Labute approximate surface area is 90.0 Å². The van der Waals surface area contributed by atoms with Crippen molar-refractivity contribution < 1.29 is 9.59 Å². The van der Waals surface area contributed by atoms with Crippen LogP contribution in [0.3, 0.4) is 0 Å². The third-order valence-corrected chi connectivity index (χ3v) is 3.63. The minimum atomic E-state index is 0.00144. The minimum absolute atomic E-state index is 0.00144.